The molecule has 0 radical (unpaired) electrons. The molecular formula is C25H25NO6S. The molecule has 0 amide bonds. The Morgan fingerprint density at radius 3 is 2.36 bits per heavy atom. The van der Waals surface area contributed by atoms with Crippen LogP contribution in [0.15, 0.2) is 65.6 Å². The van der Waals surface area contributed by atoms with Gasteiger partial charge in [-0.25, -0.2) is 13.2 Å². The minimum Gasteiger partial charge on any atom is -0.497 e. The van der Waals surface area contributed by atoms with Gasteiger partial charge in [0.05, 0.1) is 17.6 Å². The van der Waals surface area contributed by atoms with Crippen LogP contribution in [-0.2, 0) is 14.8 Å². The minimum absolute atomic E-state index is 0.0510. The third-order valence-corrected chi connectivity index (χ3v) is 7.62. The van der Waals surface area contributed by atoms with E-state index in [4.69, 9.17) is 9.47 Å². The van der Waals surface area contributed by atoms with Gasteiger partial charge in [0.1, 0.15) is 5.75 Å². The molecular weight excluding hydrogens is 442 g/mol. The lowest BCUT2D eigenvalue weighted by molar-refractivity contribution is 0.0474. The Morgan fingerprint density at radius 1 is 0.879 bits per heavy atom. The van der Waals surface area contributed by atoms with E-state index in [1.165, 1.54) is 28.6 Å². The van der Waals surface area contributed by atoms with E-state index in [1.54, 1.807) is 19.2 Å². The van der Waals surface area contributed by atoms with Crippen LogP contribution in [-0.4, -0.2) is 51.3 Å². The minimum atomic E-state index is -3.67. The quantitative estimate of drug-likeness (QED) is 0.384. The number of carbonyl (C=O) groups excluding carboxylic acids is 2. The molecule has 1 heterocycles. The van der Waals surface area contributed by atoms with Crippen LogP contribution in [0.25, 0.3) is 10.8 Å². The largest absolute Gasteiger partial charge is 0.497 e. The molecule has 0 bridgehead atoms. The fourth-order valence-electron chi connectivity index (χ4n) is 3.86. The van der Waals surface area contributed by atoms with Crippen LogP contribution in [0.4, 0.5) is 0 Å². The summed E-state index contributed by atoms with van der Waals surface area (Å²) >= 11 is 0. The van der Waals surface area contributed by atoms with Crippen molar-refractivity contribution in [2.45, 2.75) is 24.2 Å². The molecule has 1 saturated heterocycles. The molecule has 172 valence electrons. The van der Waals surface area contributed by atoms with Crippen LogP contribution in [0.3, 0.4) is 0 Å². The first-order valence-corrected chi connectivity index (χ1v) is 12.2. The predicted molar refractivity (Wildman–Crippen MR) is 124 cm³/mol. The van der Waals surface area contributed by atoms with Crippen molar-refractivity contribution in [1.29, 1.82) is 0 Å². The number of fused-ring (bicyclic) bond motifs is 1. The first-order chi connectivity index (χ1) is 15.9. The molecule has 1 aliphatic heterocycles. The molecule has 3 aromatic carbocycles. The number of piperidine rings is 1. The second-order valence-electron chi connectivity index (χ2n) is 7.92. The molecule has 0 aliphatic carbocycles. The molecule has 1 aliphatic rings. The van der Waals surface area contributed by atoms with E-state index >= 15 is 0 Å². The van der Waals surface area contributed by atoms with E-state index in [0.717, 1.165) is 35.8 Å². The van der Waals surface area contributed by atoms with Crippen LogP contribution in [0.1, 0.15) is 40.0 Å². The zero-order valence-electron chi connectivity index (χ0n) is 18.3. The summed E-state index contributed by atoms with van der Waals surface area (Å²) in [6.07, 6.45) is 2.66. The Hall–Kier alpha value is -3.23. The zero-order valence-corrected chi connectivity index (χ0v) is 19.1. The highest BCUT2D eigenvalue weighted by Gasteiger charge is 2.26. The van der Waals surface area contributed by atoms with Crippen molar-refractivity contribution in [3.05, 3.63) is 71.8 Å². The third-order valence-electron chi connectivity index (χ3n) is 5.73. The van der Waals surface area contributed by atoms with E-state index in [0.29, 0.717) is 18.7 Å². The van der Waals surface area contributed by atoms with Gasteiger partial charge in [0, 0.05) is 18.7 Å². The molecule has 3 aromatic rings. The third kappa shape index (κ3) is 5.07. The monoisotopic (exact) mass is 467 g/mol. The van der Waals surface area contributed by atoms with Crippen LogP contribution < -0.4 is 4.74 Å². The highest BCUT2D eigenvalue weighted by atomic mass is 32.2. The number of sulfonamides is 1. The summed E-state index contributed by atoms with van der Waals surface area (Å²) in [6.45, 7) is 0.512. The highest BCUT2D eigenvalue weighted by Crippen LogP contribution is 2.23. The van der Waals surface area contributed by atoms with Gasteiger partial charge in [-0.05, 0) is 60.0 Å². The highest BCUT2D eigenvalue weighted by molar-refractivity contribution is 7.89. The number of hydrogen-bond donors (Lipinski definition) is 0. The maximum absolute atomic E-state index is 12.9. The lowest BCUT2D eigenvalue weighted by Gasteiger charge is -2.25. The Labute approximate surface area is 193 Å². The van der Waals surface area contributed by atoms with Crippen LogP contribution in [0.2, 0.25) is 0 Å². The SMILES string of the molecule is COc1ccc2cc(C(=O)COC(=O)c3cccc(S(=O)(=O)N4CCCCC4)c3)ccc2c1. The summed E-state index contributed by atoms with van der Waals surface area (Å²) < 4.78 is 37.6. The van der Waals surface area contributed by atoms with Gasteiger partial charge < -0.3 is 9.47 Å². The topological polar surface area (TPSA) is 90.0 Å². The van der Waals surface area contributed by atoms with E-state index in [-0.39, 0.29) is 16.2 Å². The summed E-state index contributed by atoms with van der Waals surface area (Å²) in [5, 5.41) is 1.79. The van der Waals surface area contributed by atoms with Crippen molar-refractivity contribution in [1.82, 2.24) is 4.31 Å². The maximum Gasteiger partial charge on any atom is 0.338 e. The van der Waals surface area contributed by atoms with Crippen LogP contribution in [0.5, 0.6) is 5.75 Å². The van der Waals surface area contributed by atoms with Crippen molar-refractivity contribution >= 4 is 32.5 Å². The van der Waals surface area contributed by atoms with Gasteiger partial charge in [-0.1, -0.05) is 30.7 Å². The van der Waals surface area contributed by atoms with E-state index in [9.17, 15) is 18.0 Å². The summed E-state index contributed by atoms with van der Waals surface area (Å²) in [4.78, 5) is 25.1. The molecule has 0 spiro atoms. The van der Waals surface area contributed by atoms with E-state index < -0.39 is 22.6 Å². The molecule has 0 unspecified atom stereocenters. The molecule has 33 heavy (non-hydrogen) atoms. The number of Topliss-reactive ketones (excluding diaryl/α,β-unsaturated/α-hetero) is 1. The van der Waals surface area contributed by atoms with Crippen LogP contribution in [0, 0.1) is 0 Å². The average Bonchev–Trinajstić information content (AvgIpc) is 2.87. The van der Waals surface area contributed by atoms with E-state index in [2.05, 4.69) is 0 Å². The Morgan fingerprint density at radius 2 is 1.61 bits per heavy atom. The molecule has 8 heteroatoms. The number of methoxy groups -OCH3 is 1. The second kappa shape index (κ2) is 9.72. The van der Waals surface area contributed by atoms with Crippen molar-refractivity contribution < 1.29 is 27.5 Å². The first-order valence-electron chi connectivity index (χ1n) is 10.8. The maximum atomic E-state index is 12.9. The number of carbonyl (C=O) groups is 2. The Kier molecular flexibility index (Phi) is 6.76. The number of rotatable bonds is 7. The van der Waals surface area contributed by atoms with Crippen molar-refractivity contribution in [3.8, 4) is 5.75 Å². The standard InChI is InChI=1S/C25H25NO6S/c1-31-22-11-10-18-14-20(9-8-19(18)15-22)24(27)17-32-25(28)21-6-5-7-23(16-21)33(29,30)26-12-3-2-4-13-26/h5-11,14-16H,2-4,12-13,17H2,1H3. The Bertz CT molecular complexity index is 1300. The number of ketones is 1. The van der Waals surface area contributed by atoms with Gasteiger partial charge in [0.2, 0.25) is 10.0 Å². The number of nitrogens with zero attached hydrogens (tertiary/aromatic N) is 1. The molecule has 7 nitrogen and oxygen atoms in total. The fraction of sp³-hybridized carbons (Fsp3) is 0.280. The molecule has 0 atom stereocenters. The number of ether oxygens (including phenoxy) is 2. The van der Waals surface area contributed by atoms with Crippen molar-refractivity contribution in [2.24, 2.45) is 0 Å². The molecule has 1 fully saturated rings. The average molecular weight is 468 g/mol. The molecule has 4 rings (SSSR count). The Balaban J connectivity index is 1.44. The number of esters is 1. The summed E-state index contributed by atoms with van der Waals surface area (Å²) in [6, 6.07) is 16.5. The van der Waals surface area contributed by atoms with Crippen molar-refractivity contribution in [3.63, 3.8) is 0 Å². The van der Waals surface area contributed by atoms with Gasteiger partial charge in [0.15, 0.2) is 12.4 Å². The summed E-state index contributed by atoms with van der Waals surface area (Å²) in [5.41, 5.74) is 0.508. The van der Waals surface area contributed by atoms with Gasteiger partial charge in [-0.15, -0.1) is 0 Å². The van der Waals surface area contributed by atoms with Crippen molar-refractivity contribution in [2.75, 3.05) is 26.8 Å². The smallest absolute Gasteiger partial charge is 0.338 e. The van der Waals surface area contributed by atoms with Gasteiger partial charge in [0.25, 0.3) is 0 Å². The fourth-order valence-corrected chi connectivity index (χ4v) is 5.42. The number of hydrogen-bond acceptors (Lipinski definition) is 6. The van der Waals surface area contributed by atoms with Crippen LogP contribution >= 0.6 is 0 Å². The lowest BCUT2D eigenvalue weighted by Crippen LogP contribution is -2.35. The first kappa shape index (κ1) is 22.9. The molecule has 0 saturated carbocycles. The van der Waals surface area contributed by atoms with Gasteiger partial charge in [-0.2, -0.15) is 4.31 Å². The molecule has 0 aromatic heterocycles. The summed E-state index contributed by atoms with van der Waals surface area (Å²) in [7, 11) is -2.08. The summed E-state index contributed by atoms with van der Waals surface area (Å²) in [5.74, 6) is -0.372. The predicted octanol–water partition coefficient (Wildman–Crippen LogP) is 4.06. The van der Waals surface area contributed by atoms with E-state index in [1.807, 2.05) is 24.3 Å². The second-order valence-corrected chi connectivity index (χ2v) is 9.86. The lowest BCUT2D eigenvalue weighted by atomic mass is 10.0. The normalized spacial score (nSPS) is 14.7. The van der Waals surface area contributed by atoms with Gasteiger partial charge >= 0.3 is 5.97 Å². The molecule has 0 N–H and O–H groups in total. The zero-order chi connectivity index (χ0) is 23.4. The number of benzene rings is 3. The van der Waals surface area contributed by atoms with Gasteiger partial charge in [-0.3, -0.25) is 4.79 Å².